The molecule has 1 aliphatic rings. The molecule has 6 nitrogen and oxygen atoms in total. The molecule has 1 aliphatic heterocycles. The Hall–Kier alpha value is -1.18. The zero-order valence-corrected chi connectivity index (χ0v) is 12.8. The summed E-state index contributed by atoms with van der Waals surface area (Å²) in [5.74, 6) is 0. The number of sulfonamides is 1. The molecule has 1 atom stereocenters. The molecule has 7 heteroatoms. The number of likely N-dealkylation sites (tertiary alicyclic amines) is 1. The van der Waals surface area contributed by atoms with Crippen molar-refractivity contribution in [2.75, 3.05) is 32.0 Å². The predicted molar refractivity (Wildman–Crippen MR) is 79.2 cm³/mol. The SMILES string of the molecule is CCN1CCCC(NS(=O)(=O)c2ncccc2NC)C1. The van der Waals surface area contributed by atoms with Crippen molar-refractivity contribution < 1.29 is 8.42 Å². The maximum absolute atomic E-state index is 12.4. The monoisotopic (exact) mass is 298 g/mol. The lowest BCUT2D eigenvalue weighted by molar-refractivity contribution is 0.211. The van der Waals surface area contributed by atoms with E-state index in [1.54, 1.807) is 19.2 Å². The fraction of sp³-hybridized carbons (Fsp3) is 0.615. The fourth-order valence-corrected chi connectivity index (χ4v) is 3.91. The van der Waals surface area contributed by atoms with Gasteiger partial charge in [0.2, 0.25) is 0 Å². The van der Waals surface area contributed by atoms with Gasteiger partial charge in [0.1, 0.15) is 0 Å². The van der Waals surface area contributed by atoms with Crippen molar-refractivity contribution in [2.24, 2.45) is 0 Å². The molecule has 2 heterocycles. The number of anilines is 1. The van der Waals surface area contributed by atoms with Gasteiger partial charge in [-0.1, -0.05) is 6.92 Å². The minimum atomic E-state index is -3.58. The van der Waals surface area contributed by atoms with E-state index >= 15 is 0 Å². The second-order valence-corrected chi connectivity index (χ2v) is 6.59. The third-order valence-electron chi connectivity index (χ3n) is 3.57. The molecule has 0 saturated carbocycles. The van der Waals surface area contributed by atoms with Crippen LogP contribution in [0.1, 0.15) is 19.8 Å². The topological polar surface area (TPSA) is 74.3 Å². The third-order valence-corrected chi connectivity index (χ3v) is 5.05. The zero-order chi connectivity index (χ0) is 14.6. The number of likely N-dealkylation sites (N-methyl/N-ethyl adjacent to an activating group) is 1. The Kier molecular flexibility index (Phi) is 4.95. The van der Waals surface area contributed by atoms with E-state index in [1.165, 1.54) is 6.20 Å². The quantitative estimate of drug-likeness (QED) is 0.844. The smallest absolute Gasteiger partial charge is 0.260 e. The van der Waals surface area contributed by atoms with E-state index in [4.69, 9.17) is 0 Å². The summed E-state index contributed by atoms with van der Waals surface area (Å²) < 4.78 is 27.7. The Labute approximate surface area is 120 Å². The lowest BCUT2D eigenvalue weighted by atomic mass is 10.1. The van der Waals surface area contributed by atoms with E-state index in [0.717, 1.165) is 32.5 Å². The van der Waals surface area contributed by atoms with Gasteiger partial charge in [0.25, 0.3) is 10.0 Å². The van der Waals surface area contributed by atoms with Crippen molar-refractivity contribution in [2.45, 2.75) is 30.8 Å². The summed E-state index contributed by atoms with van der Waals surface area (Å²) in [6.07, 6.45) is 3.38. The van der Waals surface area contributed by atoms with Gasteiger partial charge in [-0.2, -0.15) is 0 Å². The van der Waals surface area contributed by atoms with E-state index in [0.29, 0.717) is 5.69 Å². The molecule has 1 aromatic heterocycles. The molecule has 0 bridgehead atoms. The highest BCUT2D eigenvalue weighted by molar-refractivity contribution is 7.89. The van der Waals surface area contributed by atoms with Crippen LogP contribution in [0.3, 0.4) is 0 Å². The summed E-state index contributed by atoms with van der Waals surface area (Å²) in [7, 11) is -1.89. The summed E-state index contributed by atoms with van der Waals surface area (Å²) in [5.41, 5.74) is 0.517. The third kappa shape index (κ3) is 3.47. The van der Waals surface area contributed by atoms with E-state index in [2.05, 4.69) is 26.8 Å². The van der Waals surface area contributed by atoms with Crippen LogP contribution >= 0.6 is 0 Å². The molecule has 1 unspecified atom stereocenters. The van der Waals surface area contributed by atoms with Gasteiger partial charge in [0.05, 0.1) is 5.69 Å². The van der Waals surface area contributed by atoms with Crippen molar-refractivity contribution in [3.8, 4) is 0 Å². The summed E-state index contributed by atoms with van der Waals surface area (Å²) in [5, 5.41) is 2.93. The van der Waals surface area contributed by atoms with Crippen molar-refractivity contribution in [3.63, 3.8) is 0 Å². The normalized spacial score (nSPS) is 20.8. The van der Waals surface area contributed by atoms with Crippen molar-refractivity contribution in [3.05, 3.63) is 18.3 Å². The Morgan fingerprint density at radius 3 is 3.00 bits per heavy atom. The molecule has 2 rings (SSSR count). The number of rotatable bonds is 5. The number of aromatic nitrogens is 1. The summed E-state index contributed by atoms with van der Waals surface area (Å²) in [4.78, 5) is 6.26. The molecule has 0 radical (unpaired) electrons. The molecule has 0 spiro atoms. The maximum atomic E-state index is 12.4. The number of hydrogen-bond acceptors (Lipinski definition) is 5. The predicted octanol–water partition coefficient (Wildman–Crippen LogP) is 0.886. The van der Waals surface area contributed by atoms with Gasteiger partial charge in [0.15, 0.2) is 5.03 Å². The number of pyridine rings is 1. The Bertz CT molecular complexity index is 547. The van der Waals surface area contributed by atoms with Crippen LogP contribution in [0.4, 0.5) is 5.69 Å². The molecule has 0 aliphatic carbocycles. The molecule has 2 N–H and O–H groups in total. The second kappa shape index (κ2) is 6.51. The minimum absolute atomic E-state index is 0.0413. The highest BCUT2D eigenvalue weighted by Gasteiger charge is 2.26. The maximum Gasteiger partial charge on any atom is 0.260 e. The van der Waals surface area contributed by atoms with Crippen molar-refractivity contribution >= 4 is 15.7 Å². The van der Waals surface area contributed by atoms with Gasteiger partial charge >= 0.3 is 0 Å². The molecule has 112 valence electrons. The fourth-order valence-electron chi connectivity index (χ4n) is 2.51. The average Bonchev–Trinajstić information content (AvgIpc) is 2.47. The van der Waals surface area contributed by atoms with E-state index in [9.17, 15) is 8.42 Å². The van der Waals surface area contributed by atoms with Gasteiger partial charge in [-0.3, -0.25) is 0 Å². The first-order valence-electron chi connectivity index (χ1n) is 6.94. The first-order valence-corrected chi connectivity index (χ1v) is 8.42. The van der Waals surface area contributed by atoms with Crippen LogP contribution in [0.15, 0.2) is 23.4 Å². The van der Waals surface area contributed by atoms with Gasteiger partial charge < -0.3 is 10.2 Å². The van der Waals surface area contributed by atoms with Crippen LogP contribution in [-0.2, 0) is 10.0 Å². The number of piperidine rings is 1. The summed E-state index contributed by atoms with van der Waals surface area (Å²) >= 11 is 0. The lowest BCUT2D eigenvalue weighted by Gasteiger charge is -2.32. The molecule has 1 aromatic rings. The molecular weight excluding hydrogens is 276 g/mol. The van der Waals surface area contributed by atoms with Gasteiger partial charge in [-0.05, 0) is 38.1 Å². The zero-order valence-electron chi connectivity index (χ0n) is 12.0. The van der Waals surface area contributed by atoms with E-state index in [-0.39, 0.29) is 11.1 Å². The first kappa shape index (κ1) is 15.2. The molecule has 1 fully saturated rings. The summed E-state index contributed by atoms with van der Waals surface area (Å²) in [6.45, 7) is 4.84. The van der Waals surface area contributed by atoms with Gasteiger partial charge in [-0.25, -0.2) is 18.1 Å². The first-order chi connectivity index (χ1) is 9.56. The van der Waals surface area contributed by atoms with Crippen molar-refractivity contribution in [1.82, 2.24) is 14.6 Å². The Morgan fingerprint density at radius 1 is 1.50 bits per heavy atom. The van der Waals surface area contributed by atoms with Crippen LogP contribution in [0.25, 0.3) is 0 Å². The number of nitrogens with one attached hydrogen (secondary N) is 2. The minimum Gasteiger partial charge on any atom is -0.386 e. The molecule has 0 aromatic carbocycles. The van der Waals surface area contributed by atoms with E-state index in [1.807, 2.05) is 0 Å². The Morgan fingerprint density at radius 2 is 2.30 bits per heavy atom. The molecular formula is C13H22N4O2S. The van der Waals surface area contributed by atoms with E-state index < -0.39 is 10.0 Å². The average molecular weight is 298 g/mol. The highest BCUT2D eigenvalue weighted by atomic mass is 32.2. The van der Waals surface area contributed by atoms with Crippen LogP contribution in [-0.4, -0.2) is 51.0 Å². The van der Waals surface area contributed by atoms with Gasteiger partial charge in [0, 0.05) is 25.8 Å². The molecule has 20 heavy (non-hydrogen) atoms. The lowest BCUT2D eigenvalue weighted by Crippen LogP contribution is -2.47. The number of nitrogens with zero attached hydrogens (tertiary/aromatic N) is 2. The standard InChI is InChI=1S/C13H22N4O2S/c1-3-17-9-5-6-11(10-17)16-20(18,19)13-12(14-2)7-4-8-15-13/h4,7-8,11,14,16H,3,5-6,9-10H2,1-2H3. The van der Waals surface area contributed by atoms with Crippen molar-refractivity contribution in [1.29, 1.82) is 0 Å². The molecule has 0 amide bonds. The van der Waals surface area contributed by atoms with Crippen LogP contribution in [0.5, 0.6) is 0 Å². The highest BCUT2D eigenvalue weighted by Crippen LogP contribution is 2.19. The van der Waals surface area contributed by atoms with Crippen LogP contribution < -0.4 is 10.0 Å². The molecule has 1 saturated heterocycles. The van der Waals surface area contributed by atoms with Gasteiger partial charge in [-0.15, -0.1) is 0 Å². The summed E-state index contributed by atoms with van der Waals surface area (Å²) in [6, 6.07) is 3.38. The Balaban J connectivity index is 2.14. The van der Waals surface area contributed by atoms with Crippen LogP contribution in [0.2, 0.25) is 0 Å². The second-order valence-electron chi connectivity index (χ2n) is 4.96. The largest absolute Gasteiger partial charge is 0.386 e. The van der Waals surface area contributed by atoms with Crippen LogP contribution in [0, 0.1) is 0 Å². The number of hydrogen-bond donors (Lipinski definition) is 2.